The zero-order valence-electron chi connectivity index (χ0n) is 10.9. The van der Waals surface area contributed by atoms with E-state index in [0.717, 1.165) is 12.1 Å². The topological polar surface area (TPSA) is 63.4 Å². The van der Waals surface area contributed by atoms with Crippen molar-refractivity contribution in [3.05, 3.63) is 30.1 Å². The maximum absolute atomic E-state index is 12.8. The summed E-state index contributed by atoms with van der Waals surface area (Å²) >= 11 is 0. The Morgan fingerprint density at radius 2 is 1.72 bits per heavy atom. The summed E-state index contributed by atoms with van der Waals surface area (Å²) in [5.74, 6) is -0.463. The Morgan fingerprint density at radius 1 is 1.22 bits per heavy atom. The molecule has 0 radical (unpaired) electrons. The summed E-state index contributed by atoms with van der Waals surface area (Å²) in [5.41, 5.74) is 4.88. The Hall–Kier alpha value is -0.980. The lowest BCUT2D eigenvalue weighted by Gasteiger charge is -2.34. The lowest BCUT2D eigenvalue weighted by Crippen LogP contribution is -2.47. The van der Waals surface area contributed by atoms with E-state index in [0.29, 0.717) is 0 Å². The van der Waals surface area contributed by atoms with Gasteiger partial charge in [0.1, 0.15) is 5.82 Å². The van der Waals surface area contributed by atoms with Crippen LogP contribution in [-0.4, -0.2) is 31.4 Å². The van der Waals surface area contributed by atoms with E-state index in [-0.39, 0.29) is 18.0 Å². The zero-order valence-corrected chi connectivity index (χ0v) is 11.7. The van der Waals surface area contributed by atoms with Crippen molar-refractivity contribution < 1.29 is 12.8 Å². The van der Waals surface area contributed by atoms with Crippen LogP contribution in [0.5, 0.6) is 0 Å². The molecule has 0 spiro atoms. The maximum atomic E-state index is 12.8. The summed E-state index contributed by atoms with van der Waals surface area (Å²) < 4.78 is 39.0. The third-order valence-electron chi connectivity index (χ3n) is 2.48. The van der Waals surface area contributed by atoms with E-state index in [1.165, 1.54) is 16.4 Å². The molecule has 0 bridgehead atoms. The first-order valence-electron chi connectivity index (χ1n) is 5.68. The monoisotopic (exact) mass is 274 g/mol. The summed E-state index contributed by atoms with van der Waals surface area (Å²) in [6, 6.07) is 4.80. The number of hydrogen-bond donors (Lipinski definition) is 1. The van der Waals surface area contributed by atoms with Crippen molar-refractivity contribution in [3.63, 3.8) is 0 Å². The van der Waals surface area contributed by atoms with E-state index in [1.807, 2.05) is 0 Å². The van der Waals surface area contributed by atoms with E-state index in [2.05, 4.69) is 0 Å². The highest BCUT2D eigenvalue weighted by molar-refractivity contribution is 7.89. The first-order valence-corrected chi connectivity index (χ1v) is 7.12. The van der Waals surface area contributed by atoms with E-state index >= 15 is 0 Å². The van der Waals surface area contributed by atoms with Gasteiger partial charge < -0.3 is 5.73 Å². The van der Waals surface area contributed by atoms with Crippen molar-refractivity contribution in [1.29, 1.82) is 0 Å². The molecule has 0 aliphatic carbocycles. The molecule has 0 heterocycles. The van der Waals surface area contributed by atoms with Gasteiger partial charge in [-0.25, -0.2) is 12.8 Å². The van der Waals surface area contributed by atoms with Crippen LogP contribution >= 0.6 is 0 Å². The predicted molar refractivity (Wildman–Crippen MR) is 69.1 cm³/mol. The van der Waals surface area contributed by atoms with Gasteiger partial charge in [0, 0.05) is 18.6 Å². The highest BCUT2D eigenvalue weighted by atomic mass is 32.2. The molecule has 0 saturated heterocycles. The van der Waals surface area contributed by atoms with Crippen molar-refractivity contribution in [2.24, 2.45) is 5.73 Å². The molecule has 0 atom stereocenters. The average molecular weight is 274 g/mol. The minimum atomic E-state index is -3.65. The molecule has 0 aliphatic heterocycles. The molecular weight excluding hydrogens is 255 g/mol. The Bertz CT molecular complexity index is 492. The fraction of sp³-hybridized carbons (Fsp3) is 0.500. The quantitative estimate of drug-likeness (QED) is 0.906. The van der Waals surface area contributed by atoms with Crippen LogP contribution in [0.15, 0.2) is 29.2 Å². The number of halogens is 1. The van der Waals surface area contributed by atoms with Crippen molar-refractivity contribution in [2.75, 3.05) is 13.1 Å². The first kappa shape index (κ1) is 15.1. The van der Waals surface area contributed by atoms with Crippen molar-refractivity contribution in [1.82, 2.24) is 4.31 Å². The summed E-state index contributed by atoms with van der Waals surface area (Å²) in [4.78, 5) is 0.0762. The van der Waals surface area contributed by atoms with Gasteiger partial charge in [-0.15, -0.1) is 0 Å². The van der Waals surface area contributed by atoms with Gasteiger partial charge in [-0.05, 0) is 45.0 Å². The van der Waals surface area contributed by atoms with E-state index in [9.17, 15) is 12.8 Å². The molecule has 1 aromatic carbocycles. The van der Waals surface area contributed by atoms with Gasteiger partial charge in [-0.3, -0.25) is 0 Å². The largest absolute Gasteiger partial charge is 0.329 e. The second kappa shape index (κ2) is 5.34. The molecule has 102 valence electrons. The van der Waals surface area contributed by atoms with Crippen LogP contribution < -0.4 is 5.73 Å². The van der Waals surface area contributed by atoms with Gasteiger partial charge in [0.25, 0.3) is 0 Å². The molecule has 2 N–H and O–H groups in total. The van der Waals surface area contributed by atoms with Crippen molar-refractivity contribution in [3.8, 4) is 0 Å². The summed E-state index contributed by atoms with van der Waals surface area (Å²) in [7, 11) is -3.65. The van der Waals surface area contributed by atoms with E-state index < -0.39 is 21.4 Å². The first-order chi connectivity index (χ1) is 8.19. The lowest BCUT2D eigenvalue weighted by atomic mass is 10.1. The third kappa shape index (κ3) is 3.28. The van der Waals surface area contributed by atoms with E-state index in [1.54, 1.807) is 20.8 Å². The minimum Gasteiger partial charge on any atom is -0.329 e. The number of nitrogens with zero attached hydrogens (tertiary/aromatic N) is 1. The molecular formula is C12H19FN2O2S. The van der Waals surface area contributed by atoms with Gasteiger partial charge in [0.15, 0.2) is 0 Å². The Kier molecular flexibility index (Phi) is 4.47. The molecule has 18 heavy (non-hydrogen) atoms. The van der Waals surface area contributed by atoms with E-state index in [4.69, 9.17) is 5.73 Å². The van der Waals surface area contributed by atoms with Crippen LogP contribution in [0.3, 0.4) is 0 Å². The standard InChI is InChI=1S/C12H19FN2O2S/c1-12(2,3)15(9-8-14)18(16,17)11-6-4-10(13)5-7-11/h4-7H,8-9,14H2,1-3H3. The number of nitrogens with two attached hydrogens (primary N) is 1. The fourth-order valence-corrected chi connectivity index (χ4v) is 3.47. The maximum Gasteiger partial charge on any atom is 0.243 e. The molecule has 1 rings (SSSR count). The second-order valence-corrected chi connectivity index (χ2v) is 6.85. The molecule has 6 heteroatoms. The molecule has 0 amide bonds. The van der Waals surface area contributed by atoms with Crippen LogP contribution in [0.2, 0.25) is 0 Å². The highest BCUT2D eigenvalue weighted by Gasteiger charge is 2.33. The van der Waals surface area contributed by atoms with Gasteiger partial charge in [-0.2, -0.15) is 4.31 Å². The molecule has 0 aliphatic rings. The predicted octanol–water partition coefficient (Wildman–Crippen LogP) is 1.57. The Balaban J connectivity index is 3.21. The van der Waals surface area contributed by atoms with Gasteiger partial charge >= 0.3 is 0 Å². The number of rotatable bonds is 4. The number of sulfonamides is 1. The molecule has 0 saturated carbocycles. The zero-order chi connectivity index (χ0) is 14.0. The molecule has 0 unspecified atom stereocenters. The Labute approximate surface area is 108 Å². The van der Waals surface area contributed by atoms with Crippen LogP contribution in [0.1, 0.15) is 20.8 Å². The average Bonchev–Trinajstić information content (AvgIpc) is 2.24. The molecule has 1 aromatic rings. The second-order valence-electron chi connectivity index (χ2n) is 4.99. The van der Waals surface area contributed by atoms with Crippen LogP contribution in [0.4, 0.5) is 4.39 Å². The summed E-state index contributed by atoms with van der Waals surface area (Å²) in [6.07, 6.45) is 0. The van der Waals surface area contributed by atoms with Gasteiger partial charge in [-0.1, -0.05) is 0 Å². The summed E-state index contributed by atoms with van der Waals surface area (Å²) in [6.45, 7) is 5.85. The smallest absolute Gasteiger partial charge is 0.243 e. The van der Waals surface area contributed by atoms with Crippen LogP contribution in [0, 0.1) is 5.82 Å². The highest BCUT2D eigenvalue weighted by Crippen LogP contribution is 2.23. The molecule has 0 aromatic heterocycles. The van der Waals surface area contributed by atoms with Crippen LogP contribution in [0.25, 0.3) is 0 Å². The normalized spacial score (nSPS) is 13.0. The SMILES string of the molecule is CC(C)(C)N(CCN)S(=O)(=O)c1ccc(F)cc1. The van der Waals surface area contributed by atoms with Crippen molar-refractivity contribution in [2.45, 2.75) is 31.2 Å². The molecule has 0 fully saturated rings. The van der Waals surface area contributed by atoms with Crippen molar-refractivity contribution >= 4 is 10.0 Å². The van der Waals surface area contributed by atoms with Gasteiger partial charge in [0.2, 0.25) is 10.0 Å². The number of hydrogen-bond acceptors (Lipinski definition) is 3. The summed E-state index contributed by atoms with van der Waals surface area (Å²) in [5, 5.41) is 0. The van der Waals surface area contributed by atoms with Gasteiger partial charge in [0.05, 0.1) is 4.90 Å². The lowest BCUT2D eigenvalue weighted by molar-refractivity contribution is 0.255. The minimum absolute atomic E-state index is 0.0762. The van der Waals surface area contributed by atoms with Crippen LogP contribution in [-0.2, 0) is 10.0 Å². The Morgan fingerprint density at radius 3 is 2.11 bits per heavy atom. The number of benzene rings is 1. The fourth-order valence-electron chi connectivity index (χ4n) is 1.67. The molecule has 4 nitrogen and oxygen atoms in total. The third-order valence-corrected chi connectivity index (χ3v) is 4.66.